The van der Waals surface area contributed by atoms with Crippen molar-refractivity contribution in [1.29, 1.82) is 0 Å². The standard InChI is InChI=1S/C16H20N2O3/c1-11(2)16(19)14-7-8-17(10-14)9-13-5-4-6-15(12(13)3)18(20)21/h4-8,10-11,16,19H,9H2,1-3H3. The topological polar surface area (TPSA) is 68.3 Å². The third-order valence-corrected chi connectivity index (χ3v) is 3.71. The second-order valence-corrected chi connectivity index (χ2v) is 5.62. The summed E-state index contributed by atoms with van der Waals surface area (Å²) < 4.78 is 1.94. The lowest BCUT2D eigenvalue weighted by Gasteiger charge is -2.12. The minimum absolute atomic E-state index is 0.141. The molecule has 0 amide bonds. The zero-order valence-corrected chi connectivity index (χ0v) is 12.5. The zero-order valence-electron chi connectivity index (χ0n) is 12.5. The minimum atomic E-state index is -0.488. The van der Waals surface area contributed by atoms with Crippen LogP contribution in [-0.4, -0.2) is 14.6 Å². The molecule has 1 N–H and O–H groups in total. The molecule has 2 aromatic rings. The fourth-order valence-corrected chi connectivity index (χ4v) is 2.35. The summed E-state index contributed by atoms with van der Waals surface area (Å²) in [6, 6.07) is 6.99. The van der Waals surface area contributed by atoms with E-state index in [1.54, 1.807) is 13.0 Å². The molecule has 1 aromatic carbocycles. The molecule has 0 radical (unpaired) electrons. The number of benzene rings is 1. The fraction of sp³-hybridized carbons (Fsp3) is 0.375. The molecule has 1 unspecified atom stereocenters. The number of aromatic nitrogens is 1. The van der Waals surface area contributed by atoms with Crippen LogP contribution in [0.4, 0.5) is 5.69 Å². The van der Waals surface area contributed by atoms with Crippen molar-refractivity contribution >= 4 is 5.69 Å². The van der Waals surface area contributed by atoms with Crippen molar-refractivity contribution in [2.24, 2.45) is 5.92 Å². The molecular formula is C16H20N2O3. The van der Waals surface area contributed by atoms with Gasteiger partial charge in [-0.25, -0.2) is 0 Å². The maximum absolute atomic E-state index is 11.0. The van der Waals surface area contributed by atoms with E-state index in [1.807, 2.05) is 42.9 Å². The molecule has 112 valence electrons. The largest absolute Gasteiger partial charge is 0.388 e. The maximum atomic E-state index is 11.0. The van der Waals surface area contributed by atoms with Crippen molar-refractivity contribution in [3.05, 3.63) is 63.5 Å². The van der Waals surface area contributed by atoms with E-state index in [0.29, 0.717) is 12.1 Å². The molecule has 0 aliphatic rings. The molecule has 0 saturated heterocycles. The lowest BCUT2D eigenvalue weighted by molar-refractivity contribution is -0.385. The number of aliphatic hydroxyl groups excluding tert-OH is 1. The second-order valence-electron chi connectivity index (χ2n) is 5.62. The van der Waals surface area contributed by atoms with E-state index in [0.717, 1.165) is 11.1 Å². The Kier molecular flexibility index (Phi) is 4.43. The Morgan fingerprint density at radius 2 is 2.05 bits per heavy atom. The number of hydrogen-bond acceptors (Lipinski definition) is 3. The van der Waals surface area contributed by atoms with Gasteiger partial charge in [0, 0.05) is 30.6 Å². The molecule has 0 bridgehead atoms. The van der Waals surface area contributed by atoms with Crippen LogP contribution in [0.15, 0.2) is 36.7 Å². The molecule has 21 heavy (non-hydrogen) atoms. The summed E-state index contributed by atoms with van der Waals surface area (Å²) in [5.41, 5.74) is 2.60. The van der Waals surface area contributed by atoms with Gasteiger partial charge in [-0.3, -0.25) is 10.1 Å². The predicted molar refractivity (Wildman–Crippen MR) is 81.2 cm³/mol. The van der Waals surface area contributed by atoms with Crippen molar-refractivity contribution in [3.8, 4) is 0 Å². The van der Waals surface area contributed by atoms with E-state index in [2.05, 4.69) is 0 Å². The number of nitro benzene ring substituents is 1. The SMILES string of the molecule is Cc1c(Cn2ccc(C(O)C(C)C)c2)cccc1[N+](=O)[O-]. The Balaban J connectivity index is 2.23. The highest BCUT2D eigenvalue weighted by atomic mass is 16.6. The van der Waals surface area contributed by atoms with Crippen LogP contribution in [0, 0.1) is 23.0 Å². The normalized spacial score (nSPS) is 12.6. The van der Waals surface area contributed by atoms with E-state index in [1.165, 1.54) is 6.07 Å². The first-order valence-corrected chi connectivity index (χ1v) is 6.96. The highest BCUT2D eigenvalue weighted by Crippen LogP contribution is 2.24. The molecule has 2 rings (SSSR count). The zero-order chi connectivity index (χ0) is 15.6. The van der Waals surface area contributed by atoms with Crippen molar-refractivity contribution in [3.63, 3.8) is 0 Å². The van der Waals surface area contributed by atoms with Crippen LogP contribution in [0.3, 0.4) is 0 Å². The molecular weight excluding hydrogens is 268 g/mol. The van der Waals surface area contributed by atoms with Gasteiger partial charge in [-0.05, 0) is 30.0 Å². The first-order valence-electron chi connectivity index (χ1n) is 6.96. The van der Waals surface area contributed by atoms with E-state index in [9.17, 15) is 15.2 Å². The van der Waals surface area contributed by atoms with E-state index in [4.69, 9.17) is 0 Å². The van der Waals surface area contributed by atoms with Crippen LogP contribution >= 0.6 is 0 Å². The van der Waals surface area contributed by atoms with Gasteiger partial charge < -0.3 is 9.67 Å². The molecule has 0 aliphatic carbocycles. The number of aliphatic hydroxyl groups is 1. The number of nitrogens with zero attached hydrogens (tertiary/aromatic N) is 2. The highest BCUT2D eigenvalue weighted by Gasteiger charge is 2.15. The van der Waals surface area contributed by atoms with E-state index >= 15 is 0 Å². The summed E-state index contributed by atoms with van der Waals surface area (Å²) in [5.74, 6) is 0.153. The van der Waals surface area contributed by atoms with Gasteiger partial charge in [0.15, 0.2) is 0 Å². The van der Waals surface area contributed by atoms with Gasteiger partial charge in [0.1, 0.15) is 0 Å². The second kappa shape index (κ2) is 6.10. The fourth-order valence-electron chi connectivity index (χ4n) is 2.35. The molecule has 1 atom stereocenters. The highest BCUT2D eigenvalue weighted by molar-refractivity contribution is 5.44. The number of nitro groups is 1. The Hall–Kier alpha value is -2.14. The molecule has 1 heterocycles. The molecule has 0 saturated carbocycles. The van der Waals surface area contributed by atoms with Gasteiger partial charge in [-0.2, -0.15) is 0 Å². The van der Waals surface area contributed by atoms with E-state index < -0.39 is 6.10 Å². The first-order chi connectivity index (χ1) is 9.90. The summed E-state index contributed by atoms with van der Waals surface area (Å²) in [4.78, 5) is 10.6. The average Bonchev–Trinajstić information content (AvgIpc) is 2.88. The molecule has 0 spiro atoms. The van der Waals surface area contributed by atoms with Crippen molar-refractivity contribution in [1.82, 2.24) is 4.57 Å². The maximum Gasteiger partial charge on any atom is 0.272 e. The predicted octanol–water partition coefficient (Wildman–Crippen LogP) is 3.44. The van der Waals surface area contributed by atoms with Crippen LogP contribution in [0.25, 0.3) is 0 Å². The lowest BCUT2D eigenvalue weighted by Crippen LogP contribution is -2.05. The van der Waals surface area contributed by atoms with Crippen LogP contribution in [0.5, 0.6) is 0 Å². The average molecular weight is 288 g/mol. The smallest absolute Gasteiger partial charge is 0.272 e. The Morgan fingerprint density at radius 3 is 2.67 bits per heavy atom. The van der Waals surface area contributed by atoms with E-state index in [-0.39, 0.29) is 16.5 Å². The lowest BCUT2D eigenvalue weighted by atomic mass is 10.0. The van der Waals surface area contributed by atoms with Gasteiger partial charge >= 0.3 is 0 Å². The summed E-state index contributed by atoms with van der Waals surface area (Å²) in [6.07, 6.45) is 3.29. The van der Waals surface area contributed by atoms with Crippen LogP contribution in [-0.2, 0) is 6.54 Å². The van der Waals surface area contributed by atoms with Gasteiger partial charge in [0.25, 0.3) is 5.69 Å². The third-order valence-electron chi connectivity index (χ3n) is 3.71. The monoisotopic (exact) mass is 288 g/mol. The van der Waals surface area contributed by atoms with Crippen molar-refractivity contribution in [2.75, 3.05) is 0 Å². The Bertz CT molecular complexity index is 647. The van der Waals surface area contributed by atoms with Gasteiger partial charge in [0.05, 0.1) is 11.0 Å². The molecule has 5 heteroatoms. The Labute approximate surface area is 124 Å². The van der Waals surface area contributed by atoms with Crippen LogP contribution in [0.1, 0.15) is 36.6 Å². The third kappa shape index (κ3) is 3.31. The minimum Gasteiger partial charge on any atom is -0.388 e. The molecule has 0 aliphatic heterocycles. The van der Waals surface area contributed by atoms with Crippen LogP contribution < -0.4 is 0 Å². The molecule has 0 fully saturated rings. The first kappa shape index (κ1) is 15.3. The number of rotatable bonds is 5. The summed E-state index contributed by atoms with van der Waals surface area (Å²) in [6.45, 7) is 6.25. The molecule has 5 nitrogen and oxygen atoms in total. The summed E-state index contributed by atoms with van der Waals surface area (Å²) in [5, 5.41) is 21.0. The van der Waals surface area contributed by atoms with Gasteiger partial charge in [-0.15, -0.1) is 0 Å². The Morgan fingerprint density at radius 1 is 1.33 bits per heavy atom. The van der Waals surface area contributed by atoms with Crippen molar-refractivity contribution in [2.45, 2.75) is 33.4 Å². The van der Waals surface area contributed by atoms with Gasteiger partial charge in [-0.1, -0.05) is 26.0 Å². The van der Waals surface area contributed by atoms with Gasteiger partial charge in [0.2, 0.25) is 0 Å². The number of hydrogen-bond donors (Lipinski definition) is 1. The molecule has 1 aromatic heterocycles. The van der Waals surface area contributed by atoms with Crippen LogP contribution in [0.2, 0.25) is 0 Å². The quantitative estimate of drug-likeness (QED) is 0.677. The van der Waals surface area contributed by atoms with Crippen molar-refractivity contribution < 1.29 is 10.0 Å². The summed E-state index contributed by atoms with van der Waals surface area (Å²) >= 11 is 0. The summed E-state index contributed by atoms with van der Waals surface area (Å²) in [7, 11) is 0.